The highest BCUT2D eigenvalue weighted by molar-refractivity contribution is 5.28. The lowest BCUT2D eigenvalue weighted by molar-refractivity contribution is 0.659. The molecule has 1 aliphatic rings. The summed E-state index contributed by atoms with van der Waals surface area (Å²) in [5.41, 5.74) is 0.588. The van der Waals surface area contributed by atoms with Gasteiger partial charge in [-0.1, -0.05) is 6.58 Å². The first-order chi connectivity index (χ1) is 3.79. The van der Waals surface area contributed by atoms with E-state index in [9.17, 15) is 4.39 Å². The zero-order chi connectivity index (χ0) is 5.98. The Labute approximate surface area is 47.2 Å². The molecule has 0 aromatic rings. The summed E-state index contributed by atoms with van der Waals surface area (Å²) < 4.78 is 12.1. The number of hydrogen-bond donors (Lipinski definition) is 1. The zero-order valence-corrected chi connectivity index (χ0v) is 4.32. The summed E-state index contributed by atoms with van der Waals surface area (Å²) in [6.45, 7) is 3.49. The summed E-state index contributed by atoms with van der Waals surface area (Å²) in [7, 11) is 0. The molecule has 0 unspecified atom stereocenters. The van der Waals surface area contributed by atoms with E-state index in [1.165, 1.54) is 18.4 Å². The van der Waals surface area contributed by atoms with Crippen LogP contribution in [0, 0.1) is 0 Å². The van der Waals surface area contributed by atoms with E-state index in [0.717, 1.165) is 0 Å². The van der Waals surface area contributed by atoms with Gasteiger partial charge < -0.3 is 5.32 Å². The van der Waals surface area contributed by atoms with E-state index < -0.39 is 0 Å². The van der Waals surface area contributed by atoms with Crippen molar-refractivity contribution in [2.24, 2.45) is 0 Å². The molecule has 8 heavy (non-hydrogen) atoms. The van der Waals surface area contributed by atoms with Crippen LogP contribution in [0.4, 0.5) is 4.39 Å². The molecule has 0 fully saturated rings. The quantitative estimate of drug-likeness (QED) is 0.499. The van der Waals surface area contributed by atoms with Gasteiger partial charge in [-0.25, -0.2) is 4.39 Å². The van der Waals surface area contributed by atoms with E-state index in [2.05, 4.69) is 11.9 Å². The Hall–Kier alpha value is -1.05. The van der Waals surface area contributed by atoms with Crippen LogP contribution in [0.3, 0.4) is 0 Å². The maximum absolute atomic E-state index is 12.1. The second-order valence-electron chi connectivity index (χ2n) is 1.53. The molecule has 1 nitrogen and oxygen atoms in total. The molecule has 0 saturated heterocycles. The Bertz CT molecular complexity index is 167. The lowest BCUT2D eigenvalue weighted by atomic mass is 10.3. The molecule has 1 heterocycles. The number of allylic oxidation sites excluding steroid dienone is 3. The molecule has 0 aromatic carbocycles. The van der Waals surface area contributed by atoms with Crippen LogP contribution in [-0.2, 0) is 0 Å². The van der Waals surface area contributed by atoms with E-state index in [-0.39, 0.29) is 5.83 Å². The largest absolute Gasteiger partial charge is 0.362 e. The Balaban J connectivity index is 2.77. The van der Waals surface area contributed by atoms with Crippen LogP contribution >= 0.6 is 0 Å². The zero-order valence-electron chi connectivity index (χ0n) is 4.32. The average molecular weight is 111 g/mol. The van der Waals surface area contributed by atoms with Crippen LogP contribution in [0.25, 0.3) is 0 Å². The van der Waals surface area contributed by atoms with Gasteiger partial charge in [0.05, 0.1) is 0 Å². The molecule has 1 N–H and O–H groups in total. The minimum atomic E-state index is -0.256. The predicted octanol–water partition coefficient (Wildman–Crippen LogP) is 1.47. The second-order valence-corrected chi connectivity index (χ2v) is 1.53. The summed E-state index contributed by atoms with van der Waals surface area (Å²) in [4.78, 5) is 0. The van der Waals surface area contributed by atoms with Crippen molar-refractivity contribution in [3.05, 3.63) is 36.5 Å². The van der Waals surface area contributed by atoms with Crippen LogP contribution in [0.1, 0.15) is 0 Å². The molecule has 1 aliphatic heterocycles. The van der Waals surface area contributed by atoms with Crippen LogP contribution < -0.4 is 5.32 Å². The monoisotopic (exact) mass is 111 g/mol. The maximum atomic E-state index is 12.1. The summed E-state index contributed by atoms with van der Waals surface area (Å²) >= 11 is 0. The number of halogens is 1. The van der Waals surface area contributed by atoms with Gasteiger partial charge in [0.25, 0.3) is 0 Å². The first-order valence-corrected chi connectivity index (χ1v) is 2.28. The van der Waals surface area contributed by atoms with Crippen molar-refractivity contribution < 1.29 is 4.39 Å². The molecule has 0 atom stereocenters. The number of nitrogens with one attached hydrogen (secondary N) is 1. The van der Waals surface area contributed by atoms with Gasteiger partial charge in [-0.05, 0) is 12.2 Å². The van der Waals surface area contributed by atoms with Crippen LogP contribution in [0.2, 0.25) is 0 Å². The molecule has 1 rings (SSSR count). The molecule has 0 aromatic heterocycles. The van der Waals surface area contributed by atoms with E-state index in [0.29, 0.717) is 5.70 Å². The summed E-state index contributed by atoms with van der Waals surface area (Å²) in [5, 5.41) is 2.72. The topological polar surface area (TPSA) is 12.0 Å². The molecule has 0 spiro atoms. The summed E-state index contributed by atoms with van der Waals surface area (Å²) in [6.07, 6.45) is 4.19. The minimum Gasteiger partial charge on any atom is -0.362 e. The summed E-state index contributed by atoms with van der Waals surface area (Å²) in [5.74, 6) is -0.256. The van der Waals surface area contributed by atoms with Crippen LogP contribution in [0.15, 0.2) is 36.5 Å². The standard InChI is InChI=1S/C6H6FN/c1-5-4-6(7)2-3-8-5/h2-4,8H,1H2. The van der Waals surface area contributed by atoms with Gasteiger partial charge in [0, 0.05) is 11.9 Å². The van der Waals surface area contributed by atoms with E-state index >= 15 is 0 Å². The maximum Gasteiger partial charge on any atom is 0.126 e. The molecule has 0 aliphatic carbocycles. The van der Waals surface area contributed by atoms with Gasteiger partial charge in [-0.15, -0.1) is 0 Å². The minimum absolute atomic E-state index is 0.256. The van der Waals surface area contributed by atoms with Crippen molar-refractivity contribution in [1.29, 1.82) is 0 Å². The normalized spacial score (nSPS) is 17.6. The lowest BCUT2D eigenvalue weighted by Gasteiger charge is -2.02. The van der Waals surface area contributed by atoms with Gasteiger partial charge in [0.1, 0.15) is 5.83 Å². The van der Waals surface area contributed by atoms with E-state index in [1.807, 2.05) is 0 Å². The SMILES string of the molecule is C=C1C=C(F)C=CN1. The van der Waals surface area contributed by atoms with Crippen molar-refractivity contribution in [2.45, 2.75) is 0 Å². The highest BCUT2D eigenvalue weighted by Crippen LogP contribution is 2.05. The highest BCUT2D eigenvalue weighted by atomic mass is 19.1. The average Bonchev–Trinajstić information content (AvgIpc) is 1.64. The smallest absolute Gasteiger partial charge is 0.126 e. The number of rotatable bonds is 0. The van der Waals surface area contributed by atoms with Gasteiger partial charge in [-0.2, -0.15) is 0 Å². The molecular formula is C6H6FN. The molecular weight excluding hydrogens is 105 g/mol. The number of hydrogen-bond acceptors (Lipinski definition) is 1. The first-order valence-electron chi connectivity index (χ1n) is 2.28. The van der Waals surface area contributed by atoms with Gasteiger partial charge >= 0.3 is 0 Å². The van der Waals surface area contributed by atoms with Gasteiger partial charge in [-0.3, -0.25) is 0 Å². The fourth-order valence-electron chi connectivity index (χ4n) is 0.485. The molecule has 42 valence electrons. The Morgan fingerprint density at radius 3 is 2.75 bits per heavy atom. The molecule has 0 radical (unpaired) electrons. The van der Waals surface area contributed by atoms with Crippen molar-refractivity contribution in [3.63, 3.8) is 0 Å². The van der Waals surface area contributed by atoms with Crippen LogP contribution in [0.5, 0.6) is 0 Å². The van der Waals surface area contributed by atoms with Crippen molar-refractivity contribution in [3.8, 4) is 0 Å². The fourth-order valence-corrected chi connectivity index (χ4v) is 0.485. The van der Waals surface area contributed by atoms with Gasteiger partial charge in [0.15, 0.2) is 0 Å². The number of dihydropyridines is 1. The second kappa shape index (κ2) is 1.82. The summed E-state index contributed by atoms with van der Waals surface area (Å²) in [6, 6.07) is 0. The Morgan fingerprint density at radius 2 is 2.38 bits per heavy atom. The highest BCUT2D eigenvalue weighted by Gasteiger charge is 1.93. The molecule has 0 bridgehead atoms. The van der Waals surface area contributed by atoms with Crippen molar-refractivity contribution in [2.75, 3.05) is 0 Å². The van der Waals surface area contributed by atoms with Crippen LogP contribution in [-0.4, -0.2) is 0 Å². The Morgan fingerprint density at radius 1 is 1.62 bits per heavy atom. The van der Waals surface area contributed by atoms with Gasteiger partial charge in [0.2, 0.25) is 0 Å². The van der Waals surface area contributed by atoms with E-state index in [4.69, 9.17) is 0 Å². The molecule has 2 heteroatoms. The van der Waals surface area contributed by atoms with Crippen molar-refractivity contribution >= 4 is 0 Å². The first kappa shape index (κ1) is 5.09. The lowest BCUT2D eigenvalue weighted by Crippen LogP contribution is -2.03. The van der Waals surface area contributed by atoms with Crippen molar-refractivity contribution in [1.82, 2.24) is 5.32 Å². The molecule has 0 saturated carbocycles. The predicted molar refractivity (Wildman–Crippen MR) is 30.6 cm³/mol. The fraction of sp³-hybridized carbons (Fsp3) is 0. The Kier molecular flexibility index (Phi) is 1.16. The molecule has 0 amide bonds. The third kappa shape index (κ3) is 0.964. The third-order valence-electron chi connectivity index (χ3n) is 0.823. The van der Waals surface area contributed by atoms with E-state index in [1.54, 1.807) is 0 Å². The third-order valence-corrected chi connectivity index (χ3v) is 0.823.